The molecule has 90 valence electrons. The lowest BCUT2D eigenvalue weighted by atomic mass is 10.3. The van der Waals surface area contributed by atoms with Crippen LogP contribution in [-0.4, -0.2) is 36.3 Å². The van der Waals surface area contributed by atoms with E-state index in [1.54, 1.807) is 19.5 Å². The SMILES string of the molecule is COc1nccnc1CO[C@@H]1CCNC1.Cl. The fourth-order valence-corrected chi connectivity index (χ4v) is 1.59. The van der Waals surface area contributed by atoms with Gasteiger partial charge in [0.05, 0.1) is 19.8 Å². The zero-order valence-electron chi connectivity index (χ0n) is 9.18. The number of nitrogens with zero attached hydrogens (tertiary/aromatic N) is 2. The Morgan fingerprint density at radius 2 is 2.25 bits per heavy atom. The van der Waals surface area contributed by atoms with Crippen molar-refractivity contribution in [2.75, 3.05) is 20.2 Å². The summed E-state index contributed by atoms with van der Waals surface area (Å²) in [6.07, 6.45) is 4.60. The summed E-state index contributed by atoms with van der Waals surface area (Å²) in [6.45, 7) is 2.41. The molecule has 0 aromatic carbocycles. The Morgan fingerprint density at radius 1 is 1.44 bits per heavy atom. The molecule has 1 atom stereocenters. The molecule has 1 saturated heterocycles. The predicted octanol–water partition coefficient (Wildman–Crippen LogP) is 0.785. The molecule has 16 heavy (non-hydrogen) atoms. The standard InChI is InChI=1S/C10H15N3O2.ClH/c1-14-10-9(12-4-5-13-10)7-15-8-2-3-11-6-8;/h4-5,8,11H,2-3,6-7H2,1H3;1H/t8-;/m1./s1. The summed E-state index contributed by atoms with van der Waals surface area (Å²) in [7, 11) is 1.59. The Labute approximate surface area is 101 Å². The molecule has 0 aliphatic carbocycles. The maximum Gasteiger partial charge on any atom is 0.237 e. The maximum atomic E-state index is 5.69. The molecule has 0 bridgehead atoms. The van der Waals surface area contributed by atoms with Gasteiger partial charge in [-0.1, -0.05) is 0 Å². The number of methoxy groups -OCH3 is 1. The van der Waals surface area contributed by atoms with Crippen molar-refractivity contribution >= 4 is 12.4 Å². The highest BCUT2D eigenvalue weighted by molar-refractivity contribution is 5.85. The Balaban J connectivity index is 0.00000128. The van der Waals surface area contributed by atoms with Crippen LogP contribution in [0.3, 0.4) is 0 Å². The van der Waals surface area contributed by atoms with Crippen molar-refractivity contribution in [3.63, 3.8) is 0 Å². The summed E-state index contributed by atoms with van der Waals surface area (Å²) >= 11 is 0. The molecule has 0 spiro atoms. The van der Waals surface area contributed by atoms with Crippen molar-refractivity contribution in [3.05, 3.63) is 18.1 Å². The number of hydrogen-bond donors (Lipinski definition) is 1. The third-order valence-corrected chi connectivity index (χ3v) is 2.40. The molecule has 0 unspecified atom stereocenters. The summed E-state index contributed by atoms with van der Waals surface area (Å²) in [4.78, 5) is 8.24. The topological polar surface area (TPSA) is 56.3 Å². The molecule has 2 heterocycles. The van der Waals surface area contributed by atoms with Crippen molar-refractivity contribution < 1.29 is 9.47 Å². The second-order valence-electron chi connectivity index (χ2n) is 3.44. The lowest BCUT2D eigenvalue weighted by molar-refractivity contribution is 0.0506. The van der Waals surface area contributed by atoms with E-state index < -0.39 is 0 Å². The predicted molar refractivity (Wildman–Crippen MR) is 61.9 cm³/mol. The van der Waals surface area contributed by atoms with Gasteiger partial charge in [0.25, 0.3) is 0 Å². The Hall–Kier alpha value is -0.910. The van der Waals surface area contributed by atoms with Gasteiger partial charge in [0, 0.05) is 18.9 Å². The first kappa shape index (κ1) is 13.2. The van der Waals surface area contributed by atoms with Gasteiger partial charge < -0.3 is 14.8 Å². The molecule has 1 aliphatic rings. The normalized spacial score (nSPS) is 19.2. The highest BCUT2D eigenvalue weighted by Crippen LogP contribution is 2.14. The van der Waals surface area contributed by atoms with Crippen LogP contribution in [0.4, 0.5) is 0 Å². The second kappa shape index (κ2) is 6.62. The maximum absolute atomic E-state index is 5.69. The van der Waals surface area contributed by atoms with E-state index in [9.17, 15) is 0 Å². The van der Waals surface area contributed by atoms with Crippen molar-refractivity contribution in [2.24, 2.45) is 0 Å². The summed E-state index contributed by atoms with van der Waals surface area (Å²) in [5.74, 6) is 0.545. The quantitative estimate of drug-likeness (QED) is 0.850. The number of aromatic nitrogens is 2. The monoisotopic (exact) mass is 245 g/mol. The molecule has 2 rings (SSSR count). The average molecular weight is 246 g/mol. The first-order valence-electron chi connectivity index (χ1n) is 5.06. The van der Waals surface area contributed by atoms with E-state index in [4.69, 9.17) is 9.47 Å². The zero-order chi connectivity index (χ0) is 10.5. The van der Waals surface area contributed by atoms with Gasteiger partial charge in [-0.15, -0.1) is 12.4 Å². The molecule has 0 radical (unpaired) electrons. The molecule has 1 aliphatic heterocycles. The first-order chi connectivity index (χ1) is 7.40. The number of rotatable bonds is 4. The van der Waals surface area contributed by atoms with Crippen LogP contribution >= 0.6 is 12.4 Å². The molecule has 1 aromatic heterocycles. The minimum absolute atomic E-state index is 0. The van der Waals surface area contributed by atoms with E-state index in [2.05, 4.69) is 15.3 Å². The largest absolute Gasteiger partial charge is 0.480 e. The molecule has 6 heteroatoms. The molecule has 5 nitrogen and oxygen atoms in total. The fraction of sp³-hybridized carbons (Fsp3) is 0.600. The van der Waals surface area contributed by atoms with Crippen LogP contribution in [0.25, 0.3) is 0 Å². The number of halogens is 1. The van der Waals surface area contributed by atoms with Crippen LogP contribution in [0.2, 0.25) is 0 Å². The Morgan fingerprint density at radius 3 is 2.94 bits per heavy atom. The Kier molecular flexibility index (Phi) is 5.45. The van der Waals surface area contributed by atoms with E-state index in [0.717, 1.165) is 25.2 Å². The van der Waals surface area contributed by atoms with Crippen molar-refractivity contribution in [1.29, 1.82) is 0 Å². The van der Waals surface area contributed by atoms with Gasteiger partial charge in [-0.2, -0.15) is 0 Å². The number of nitrogens with one attached hydrogen (secondary N) is 1. The number of ether oxygens (including phenoxy) is 2. The molecular weight excluding hydrogens is 230 g/mol. The highest BCUT2D eigenvalue weighted by atomic mass is 35.5. The van der Waals surface area contributed by atoms with E-state index in [-0.39, 0.29) is 18.5 Å². The van der Waals surface area contributed by atoms with Gasteiger partial charge in [-0.25, -0.2) is 4.98 Å². The van der Waals surface area contributed by atoms with Gasteiger partial charge in [-0.3, -0.25) is 4.98 Å². The van der Waals surface area contributed by atoms with Gasteiger partial charge in [0.1, 0.15) is 5.69 Å². The van der Waals surface area contributed by atoms with Crippen molar-refractivity contribution in [2.45, 2.75) is 19.1 Å². The van der Waals surface area contributed by atoms with Crippen LogP contribution in [0.5, 0.6) is 5.88 Å². The van der Waals surface area contributed by atoms with E-state index in [1.165, 1.54) is 0 Å². The van der Waals surface area contributed by atoms with Crippen molar-refractivity contribution in [1.82, 2.24) is 15.3 Å². The van der Waals surface area contributed by atoms with E-state index in [0.29, 0.717) is 12.5 Å². The van der Waals surface area contributed by atoms with Gasteiger partial charge in [-0.05, 0) is 13.0 Å². The molecule has 1 fully saturated rings. The fourth-order valence-electron chi connectivity index (χ4n) is 1.59. The van der Waals surface area contributed by atoms with Gasteiger partial charge >= 0.3 is 0 Å². The summed E-state index contributed by atoms with van der Waals surface area (Å²) in [5.41, 5.74) is 0.756. The minimum atomic E-state index is 0. The molecule has 1 N–H and O–H groups in total. The van der Waals surface area contributed by atoms with Crippen LogP contribution < -0.4 is 10.1 Å². The Bertz CT molecular complexity index is 319. The summed E-state index contributed by atoms with van der Waals surface area (Å²) < 4.78 is 10.8. The zero-order valence-corrected chi connectivity index (χ0v) is 10.00. The second-order valence-corrected chi connectivity index (χ2v) is 3.44. The lowest BCUT2D eigenvalue weighted by Crippen LogP contribution is -2.17. The molecule has 1 aromatic rings. The van der Waals surface area contributed by atoms with Gasteiger partial charge in [0.15, 0.2) is 0 Å². The average Bonchev–Trinajstić information content (AvgIpc) is 2.79. The van der Waals surface area contributed by atoms with Crippen LogP contribution in [0.1, 0.15) is 12.1 Å². The first-order valence-corrected chi connectivity index (χ1v) is 5.06. The third kappa shape index (κ3) is 3.30. The van der Waals surface area contributed by atoms with E-state index in [1.807, 2.05) is 0 Å². The minimum Gasteiger partial charge on any atom is -0.480 e. The van der Waals surface area contributed by atoms with E-state index >= 15 is 0 Å². The molecular formula is C10H16ClN3O2. The third-order valence-electron chi connectivity index (χ3n) is 2.40. The van der Waals surface area contributed by atoms with Gasteiger partial charge in [0.2, 0.25) is 5.88 Å². The molecule has 0 saturated carbocycles. The number of hydrogen-bond acceptors (Lipinski definition) is 5. The lowest BCUT2D eigenvalue weighted by Gasteiger charge is -2.11. The van der Waals surface area contributed by atoms with Crippen LogP contribution in [0, 0.1) is 0 Å². The summed E-state index contributed by atoms with van der Waals surface area (Å²) in [6, 6.07) is 0. The highest BCUT2D eigenvalue weighted by Gasteiger charge is 2.16. The van der Waals surface area contributed by atoms with Crippen LogP contribution in [-0.2, 0) is 11.3 Å². The summed E-state index contributed by atoms with van der Waals surface area (Å²) in [5, 5.41) is 3.24. The van der Waals surface area contributed by atoms with Crippen LogP contribution in [0.15, 0.2) is 12.4 Å². The van der Waals surface area contributed by atoms with Crippen molar-refractivity contribution in [3.8, 4) is 5.88 Å². The smallest absolute Gasteiger partial charge is 0.237 e. The molecule has 0 amide bonds.